The smallest absolute Gasteiger partial charge is 0.274 e. The lowest BCUT2D eigenvalue weighted by Crippen LogP contribution is -2.45. The van der Waals surface area contributed by atoms with Gasteiger partial charge in [0, 0.05) is 31.3 Å². The molecule has 0 saturated carbocycles. The summed E-state index contributed by atoms with van der Waals surface area (Å²) in [6, 6.07) is 12.7. The van der Waals surface area contributed by atoms with Crippen LogP contribution in [0, 0.1) is 0 Å². The number of piperidine rings is 1. The molecule has 1 aromatic carbocycles. The highest BCUT2D eigenvalue weighted by atomic mass is 16.2. The standard InChI is InChI=1S/C21H27N5O/c1-24-11-6-5-8-18(24)15-25(2)21(27)19-13-17(22-23-19)14-26-12-10-16-7-3-4-9-20(16)26/h3-4,7,9-10,12-13,18H,5-6,8,11,14-15H2,1-2H3,(H,22,23)/t18-/m1/s1. The van der Waals surface area contributed by atoms with Gasteiger partial charge in [-0.25, -0.2) is 0 Å². The van der Waals surface area contributed by atoms with E-state index in [0.29, 0.717) is 18.3 Å². The first kappa shape index (κ1) is 17.8. The van der Waals surface area contributed by atoms with E-state index in [0.717, 1.165) is 25.2 Å². The number of carbonyl (C=O) groups is 1. The summed E-state index contributed by atoms with van der Waals surface area (Å²) in [6.07, 6.45) is 5.72. The van der Waals surface area contributed by atoms with Crippen LogP contribution in [0.4, 0.5) is 0 Å². The van der Waals surface area contributed by atoms with Gasteiger partial charge in [-0.3, -0.25) is 9.89 Å². The second-order valence-electron chi connectivity index (χ2n) is 7.60. The molecule has 0 unspecified atom stereocenters. The van der Waals surface area contributed by atoms with Crippen molar-refractivity contribution in [1.29, 1.82) is 0 Å². The highest BCUT2D eigenvalue weighted by molar-refractivity contribution is 5.92. The van der Waals surface area contributed by atoms with Crippen LogP contribution in [0.3, 0.4) is 0 Å². The van der Waals surface area contributed by atoms with E-state index in [9.17, 15) is 4.79 Å². The largest absolute Gasteiger partial charge is 0.341 e. The molecule has 1 amide bonds. The molecule has 1 fully saturated rings. The van der Waals surface area contributed by atoms with Gasteiger partial charge in [-0.1, -0.05) is 24.6 Å². The van der Waals surface area contributed by atoms with E-state index < -0.39 is 0 Å². The van der Waals surface area contributed by atoms with Crippen molar-refractivity contribution < 1.29 is 4.79 Å². The summed E-state index contributed by atoms with van der Waals surface area (Å²) < 4.78 is 2.16. The molecule has 1 aliphatic heterocycles. The minimum atomic E-state index is -0.0196. The Bertz CT molecular complexity index is 927. The van der Waals surface area contributed by atoms with Crippen LogP contribution in [0.5, 0.6) is 0 Å². The van der Waals surface area contributed by atoms with Gasteiger partial charge in [0.15, 0.2) is 0 Å². The molecular formula is C21H27N5O. The first-order valence-electron chi connectivity index (χ1n) is 9.65. The molecule has 3 heterocycles. The van der Waals surface area contributed by atoms with Crippen molar-refractivity contribution in [3.05, 3.63) is 54.0 Å². The zero-order valence-corrected chi connectivity index (χ0v) is 16.1. The van der Waals surface area contributed by atoms with Gasteiger partial charge in [-0.05, 0) is 50.0 Å². The van der Waals surface area contributed by atoms with E-state index in [1.807, 2.05) is 25.2 Å². The molecule has 1 aliphatic rings. The number of nitrogens with zero attached hydrogens (tertiary/aromatic N) is 4. The van der Waals surface area contributed by atoms with Crippen molar-refractivity contribution in [3.8, 4) is 0 Å². The second-order valence-corrected chi connectivity index (χ2v) is 7.60. The molecule has 1 atom stereocenters. The number of carbonyl (C=O) groups excluding carboxylic acids is 1. The summed E-state index contributed by atoms with van der Waals surface area (Å²) in [5.41, 5.74) is 2.60. The Labute approximate surface area is 159 Å². The number of likely N-dealkylation sites (tertiary alicyclic amines) is 1. The molecule has 6 nitrogen and oxygen atoms in total. The number of aromatic amines is 1. The molecule has 27 heavy (non-hydrogen) atoms. The number of rotatable bonds is 5. The Morgan fingerprint density at radius 3 is 3.00 bits per heavy atom. The van der Waals surface area contributed by atoms with Crippen LogP contribution < -0.4 is 0 Å². The number of amides is 1. The number of hydrogen-bond donors (Lipinski definition) is 1. The summed E-state index contributed by atoms with van der Waals surface area (Å²) in [5.74, 6) is -0.0196. The maximum Gasteiger partial charge on any atom is 0.274 e. The fourth-order valence-corrected chi connectivity index (χ4v) is 3.98. The minimum absolute atomic E-state index is 0.0196. The lowest BCUT2D eigenvalue weighted by Gasteiger charge is -2.34. The van der Waals surface area contributed by atoms with Crippen LogP contribution in [-0.2, 0) is 6.54 Å². The normalized spacial score (nSPS) is 18.1. The number of nitrogens with one attached hydrogen (secondary N) is 1. The van der Waals surface area contributed by atoms with E-state index in [-0.39, 0.29) is 5.91 Å². The third kappa shape index (κ3) is 3.76. The topological polar surface area (TPSA) is 57.2 Å². The van der Waals surface area contributed by atoms with Crippen LogP contribution in [0.25, 0.3) is 10.9 Å². The van der Waals surface area contributed by atoms with Crippen LogP contribution in [0.1, 0.15) is 35.4 Å². The Kier molecular flexibility index (Phi) is 4.99. The monoisotopic (exact) mass is 365 g/mol. The molecule has 2 aromatic heterocycles. The number of H-pyrrole nitrogens is 1. The zero-order valence-electron chi connectivity index (χ0n) is 16.1. The number of para-hydroxylation sites is 1. The lowest BCUT2D eigenvalue weighted by molar-refractivity contribution is 0.0711. The molecule has 1 N–H and O–H groups in total. The quantitative estimate of drug-likeness (QED) is 0.756. The Morgan fingerprint density at radius 1 is 1.30 bits per heavy atom. The van der Waals surface area contributed by atoms with Crippen molar-refractivity contribution in [2.24, 2.45) is 0 Å². The minimum Gasteiger partial charge on any atom is -0.341 e. The fourth-order valence-electron chi connectivity index (χ4n) is 3.98. The summed E-state index contributed by atoms with van der Waals surface area (Å²) in [7, 11) is 4.02. The van der Waals surface area contributed by atoms with Gasteiger partial charge < -0.3 is 14.4 Å². The number of aromatic nitrogens is 3. The third-order valence-electron chi connectivity index (χ3n) is 5.62. The molecule has 3 aromatic rings. The van der Waals surface area contributed by atoms with Gasteiger partial charge in [0.25, 0.3) is 5.91 Å². The van der Waals surface area contributed by atoms with E-state index in [1.165, 1.54) is 23.7 Å². The van der Waals surface area contributed by atoms with Crippen molar-refractivity contribution in [3.63, 3.8) is 0 Å². The number of hydrogen-bond acceptors (Lipinski definition) is 3. The van der Waals surface area contributed by atoms with Gasteiger partial charge in [0.2, 0.25) is 0 Å². The van der Waals surface area contributed by atoms with Crippen LogP contribution in [0.2, 0.25) is 0 Å². The lowest BCUT2D eigenvalue weighted by atomic mass is 10.0. The van der Waals surface area contributed by atoms with Gasteiger partial charge in [-0.2, -0.15) is 5.10 Å². The average Bonchev–Trinajstić information content (AvgIpc) is 3.31. The Balaban J connectivity index is 1.43. The molecule has 1 saturated heterocycles. The maximum absolute atomic E-state index is 12.8. The van der Waals surface area contributed by atoms with E-state index in [2.05, 4.69) is 51.1 Å². The highest BCUT2D eigenvalue weighted by Gasteiger charge is 2.24. The molecule has 6 heteroatoms. The van der Waals surface area contributed by atoms with Crippen LogP contribution in [-0.4, -0.2) is 63.7 Å². The molecule has 0 spiro atoms. The second kappa shape index (κ2) is 7.56. The van der Waals surface area contributed by atoms with E-state index in [4.69, 9.17) is 0 Å². The summed E-state index contributed by atoms with van der Waals surface area (Å²) in [4.78, 5) is 16.9. The molecule has 0 aliphatic carbocycles. The van der Waals surface area contributed by atoms with Gasteiger partial charge in [0.1, 0.15) is 5.69 Å². The van der Waals surface area contributed by atoms with Crippen LogP contribution >= 0.6 is 0 Å². The summed E-state index contributed by atoms with van der Waals surface area (Å²) in [6.45, 7) is 2.53. The van der Waals surface area contributed by atoms with E-state index >= 15 is 0 Å². The van der Waals surface area contributed by atoms with Crippen molar-refractivity contribution in [2.45, 2.75) is 31.8 Å². The SMILES string of the molecule is CN(C[C@H]1CCCCN1C)C(=O)c1cc(Cn2ccc3ccccc32)[nH]n1. The molecular weight excluding hydrogens is 338 g/mol. The van der Waals surface area contributed by atoms with Crippen LogP contribution in [0.15, 0.2) is 42.6 Å². The molecule has 4 rings (SSSR count). The Hall–Kier alpha value is -2.60. The zero-order chi connectivity index (χ0) is 18.8. The van der Waals surface area contributed by atoms with Crippen molar-refractivity contribution in [2.75, 3.05) is 27.2 Å². The first-order chi connectivity index (χ1) is 13.1. The predicted molar refractivity (Wildman–Crippen MR) is 107 cm³/mol. The molecule has 0 radical (unpaired) electrons. The summed E-state index contributed by atoms with van der Waals surface area (Å²) in [5, 5.41) is 8.51. The maximum atomic E-state index is 12.8. The number of likely N-dealkylation sites (N-methyl/N-ethyl adjacent to an activating group) is 2. The Morgan fingerprint density at radius 2 is 2.15 bits per heavy atom. The van der Waals surface area contributed by atoms with Gasteiger partial charge in [0.05, 0.1) is 12.2 Å². The average molecular weight is 365 g/mol. The van der Waals surface area contributed by atoms with Crippen molar-refractivity contribution >= 4 is 16.8 Å². The molecule has 142 valence electrons. The fraction of sp³-hybridized carbons (Fsp3) is 0.429. The van der Waals surface area contributed by atoms with Gasteiger partial charge >= 0.3 is 0 Å². The van der Waals surface area contributed by atoms with E-state index in [1.54, 1.807) is 4.90 Å². The summed E-state index contributed by atoms with van der Waals surface area (Å²) >= 11 is 0. The highest BCUT2D eigenvalue weighted by Crippen LogP contribution is 2.18. The first-order valence-corrected chi connectivity index (χ1v) is 9.65. The predicted octanol–water partition coefficient (Wildman–Crippen LogP) is 2.97. The third-order valence-corrected chi connectivity index (χ3v) is 5.62. The number of benzene rings is 1. The van der Waals surface area contributed by atoms with Crippen molar-refractivity contribution in [1.82, 2.24) is 24.6 Å². The number of fused-ring (bicyclic) bond motifs is 1. The molecule has 0 bridgehead atoms. The van der Waals surface area contributed by atoms with Gasteiger partial charge in [-0.15, -0.1) is 0 Å².